The predicted molar refractivity (Wildman–Crippen MR) is 246 cm³/mol. The minimum absolute atomic E-state index is 0.0234. The van der Waals surface area contributed by atoms with E-state index in [0.29, 0.717) is 24.5 Å². The number of nitrogen functional groups attached to an aromatic ring is 1. The van der Waals surface area contributed by atoms with Crippen LogP contribution in [0, 0.1) is 17.3 Å². The maximum absolute atomic E-state index is 12.7. The highest BCUT2D eigenvalue weighted by Gasteiger charge is 2.50. The van der Waals surface area contributed by atoms with Crippen LogP contribution in [0.5, 0.6) is 0 Å². The quantitative estimate of drug-likeness (QED) is 0.0305. The number of phosphoric acid groups is 3. The van der Waals surface area contributed by atoms with Crippen molar-refractivity contribution in [3.63, 3.8) is 0 Å². The first-order chi connectivity index (χ1) is 32.3. The monoisotopic (exact) mass is 1060 g/mol. The molecule has 0 radical (unpaired) electrons. The number of rotatable bonds is 30. The number of ketones is 1. The average molecular weight is 1060 g/mol. The van der Waals surface area contributed by atoms with Gasteiger partial charge in [-0.25, -0.2) is 28.6 Å². The first-order valence-corrected chi connectivity index (χ1v) is 27.7. The molecule has 1 saturated heterocycles. The molecule has 1 aliphatic heterocycles. The molecule has 2 aromatic heterocycles. The summed E-state index contributed by atoms with van der Waals surface area (Å²) in [7, 11) is -16.5. The molecule has 1 saturated carbocycles. The standard InChI is InChI=1S/C39H64N7O19P3S/c1-4-5-7-12-26-24(13-14-27(26)48)10-8-6-9-11-25(47)19-30(50)69-18-17-41-29(49)15-16-42-37(53)34(52)39(2,3)21-62-68(59,60)65-67(57,58)61-20-28-33(64-66(54,55)56)32(51)38(63-28)46-23-45-31-35(40)43-22-44-36(31)46/h5,7,22-26,28,32-34,38,47,51-52H,4,6,8-21H2,1-3H3,(H,41,49)(H,42,53)(H,57,58)(H,59,60)(H2,40,43,44)(H2,54,55,56)/b7-5-/t24-,25?,26-,28+,32+,33+,34?,38+/m0/s1. The normalized spacial score (nSPS) is 23.8. The van der Waals surface area contributed by atoms with E-state index in [9.17, 15) is 67.8 Å². The molecule has 4 rings (SSSR count). The average Bonchev–Trinajstić information content (AvgIpc) is 3.94. The van der Waals surface area contributed by atoms with Crippen LogP contribution < -0.4 is 16.4 Å². The van der Waals surface area contributed by atoms with Gasteiger partial charge in [-0.2, -0.15) is 4.31 Å². The Morgan fingerprint density at radius 1 is 1.03 bits per heavy atom. The SMILES string of the molecule is CC/C=C\C[C@@H]1C(=O)CC[C@@H]1CCCCCC(O)CC(=O)SCCNC(=O)CCNC(=O)C(O)C(C)(C)COP(=O)(O)OP(=O)(O)OC[C@H]1O[C@@H](n2cnc3c(N)ncnc32)[C@H](O)[C@@H]1OP(=O)(O)O. The van der Waals surface area contributed by atoms with Crippen molar-refractivity contribution < 1.29 is 90.4 Å². The third-order valence-corrected chi connectivity index (χ3v) is 15.3. The van der Waals surface area contributed by atoms with Gasteiger partial charge in [0.25, 0.3) is 0 Å². The molecule has 11 N–H and O–H groups in total. The molecule has 1 aliphatic carbocycles. The molecule has 0 aromatic carbocycles. The molecule has 0 bridgehead atoms. The number of aliphatic hydroxyl groups is 3. The summed E-state index contributed by atoms with van der Waals surface area (Å²) in [6, 6.07) is 0. The van der Waals surface area contributed by atoms with Gasteiger partial charge < -0.3 is 56.0 Å². The molecule has 390 valence electrons. The van der Waals surface area contributed by atoms with E-state index >= 15 is 0 Å². The number of amides is 2. The van der Waals surface area contributed by atoms with Gasteiger partial charge in [0.15, 0.2) is 22.8 Å². The van der Waals surface area contributed by atoms with E-state index < -0.39 is 90.7 Å². The predicted octanol–water partition coefficient (Wildman–Crippen LogP) is 2.32. The minimum atomic E-state index is -5.60. The highest BCUT2D eigenvalue weighted by molar-refractivity contribution is 8.13. The van der Waals surface area contributed by atoms with Gasteiger partial charge in [0.1, 0.15) is 42.0 Å². The van der Waals surface area contributed by atoms with E-state index in [1.54, 1.807) is 0 Å². The Balaban J connectivity index is 1.10. The van der Waals surface area contributed by atoms with Gasteiger partial charge in [0.05, 0.1) is 25.6 Å². The number of aromatic nitrogens is 4. The number of phosphoric ester groups is 3. The number of imidazole rings is 1. The van der Waals surface area contributed by atoms with Gasteiger partial charge in [0.2, 0.25) is 11.8 Å². The number of hydrogen-bond acceptors (Lipinski definition) is 20. The second-order valence-corrected chi connectivity index (χ2v) is 22.7. The second-order valence-electron chi connectivity index (χ2n) is 17.3. The van der Waals surface area contributed by atoms with E-state index in [1.807, 2.05) is 0 Å². The summed E-state index contributed by atoms with van der Waals surface area (Å²) in [5.41, 5.74) is 4.23. The largest absolute Gasteiger partial charge is 0.481 e. The van der Waals surface area contributed by atoms with Crippen LogP contribution in [0.1, 0.15) is 97.6 Å². The molecular weight excluding hydrogens is 995 g/mol. The number of anilines is 1. The Hall–Kier alpha value is -3.07. The number of carbonyl (C=O) groups excluding carboxylic acids is 4. The maximum Gasteiger partial charge on any atom is 0.481 e. The molecule has 2 fully saturated rings. The number of nitrogens with two attached hydrogens (primary N) is 1. The number of hydrogen-bond donors (Lipinski definition) is 10. The number of nitrogens with one attached hydrogen (secondary N) is 2. The molecule has 10 atom stereocenters. The summed E-state index contributed by atoms with van der Waals surface area (Å²) < 4.78 is 62.4. The van der Waals surface area contributed by atoms with Crippen molar-refractivity contribution in [1.82, 2.24) is 30.2 Å². The van der Waals surface area contributed by atoms with Crippen LogP contribution in [0.3, 0.4) is 0 Å². The highest BCUT2D eigenvalue weighted by Crippen LogP contribution is 2.61. The Labute approximate surface area is 402 Å². The third kappa shape index (κ3) is 18.8. The first-order valence-electron chi connectivity index (χ1n) is 22.2. The van der Waals surface area contributed by atoms with Gasteiger partial charge in [-0.15, -0.1) is 0 Å². The number of fused-ring (bicyclic) bond motifs is 1. The second kappa shape index (κ2) is 26.6. The smallest absolute Gasteiger partial charge is 0.393 e. The highest BCUT2D eigenvalue weighted by atomic mass is 32.2. The summed E-state index contributed by atoms with van der Waals surface area (Å²) in [4.78, 5) is 101. The molecule has 26 nitrogen and oxygen atoms in total. The molecule has 2 aliphatic rings. The number of nitrogens with zero attached hydrogens (tertiary/aromatic N) is 4. The Bertz CT molecular complexity index is 2230. The van der Waals surface area contributed by atoms with Crippen LogP contribution in [0.25, 0.3) is 11.2 Å². The maximum atomic E-state index is 12.7. The molecule has 69 heavy (non-hydrogen) atoms. The van der Waals surface area contributed by atoms with E-state index in [2.05, 4.69) is 53.5 Å². The summed E-state index contributed by atoms with van der Waals surface area (Å²) in [6.45, 7) is 2.39. The zero-order valence-electron chi connectivity index (χ0n) is 38.4. The molecule has 4 unspecified atom stereocenters. The van der Waals surface area contributed by atoms with Crippen molar-refractivity contribution >= 4 is 74.9 Å². The lowest BCUT2D eigenvalue weighted by Gasteiger charge is -2.30. The Kier molecular flexibility index (Phi) is 22.5. The van der Waals surface area contributed by atoms with Crippen LogP contribution in [0.2, 0.25) is 0 Å². The van der Waals surface area contributed by atoms with Gasteiger partial charge in [0, 0.05) is 49.4 Å². The number of carbonyl (C=O) groups is 4. The number of allylic oxidation sites excluding steroid dienone is 2. The lowest BCUT2D eigenvalue weighted by atomic mass is 9.87. The number of unbranched alkanes of at least 4 members (excludes halogenated alkanes) is 2. The minimum Gasteiger partial charge on any atom is -0.393 e. The summed E-state index contributed by atoms with van der Waals surface area (Å²) in [5, 5.41) is 36.6. The number of thioether (sulfide) groups is 1. The van der Waals surface area contributed by atoms with Crippen molar-refractivity contribution in [3.05, 3.63) is 24.8 Å². The van der Waals surface area contributed by atoms with E-state index in [4.69, 9.17) is 19.5 Å². The molecule has 2 amide bonds. The summed E-state index contributed by atoms with van der Waals surface area (Å²) in [6.07, 6.45) is 3.77. The van der Waals surface area contributed by atoms with Gasteiger partial charge >= 0.3 is 23.5 Å². The molecule has 3 heterocycles. The van der Waals surface area contributed by atoms with Crippen LogP contribution in [0.15, 0.2) is 24.8 Å². The lowest BCUT2D eigenvalue weighted by Crippen LogP contribution is -2.46. The zero-order valence-corrected chi connectivity index (χ0v) is 41.9. The molecule has 30 heteroatoms. The van der Waals surface area contributed by atoms with Crippen LogP contribution in [-0.2, 0) is 55.5 Å². The van der Waals surface area contributed by atoms with E-state index in [0.717, 1.165) is 73.9 Å². The van der Waals surface area contributed by atoms with Crippen LogP contribution in [-0.4, -0.2) is 140 Å². The van der Waals surface area contributed by atoms with Gasteiger partial charge in [-0.05, 0) is 38.0 Å². The number of ether oxygens (including phenoxy) is 1. The Morgan fingerprint density at radius 2 is 1.75 bits per heavy atom. The van der Waals surface area contributed by atoms with Gasteiger partial charge in [-0.1, -0.05) is 63.9 Å². The number of Topliss-reactive ketones (excluding diaryl/α,β-unsaturated/α-hetero) is 1. The van der Waals surface area contributed by atoms with Gasteiger partial charge in [-0.3, -0.25) is 37.3 Å². The zero-order chi connectivity index (χ0) is 51.2. The summed E-state index contributed by atoms with van der Waals surface area (Å²) in [5.74, 6) is -0.423. The fourth-order valence-electron chi connectivity index (χ4n) is 7.67. The van der Waals surface area contributed by atoms with Crippen molar-refractivity contribution in [2.45, 2.75) is 128 Å². The van der Waals surface area contributed by atoms with Crippen LogP contribution in [0.4, 0.5) is 5.82 Å². The third-order valence-electron chi connectivity index (χ3n) is 11.3. The molecular formula is C39H64N7O19P3S. The molecule has 2 aromatic rings. The molecule has 0 spiro atoms. The number of aliphatic hydroxyl groups excluding tert-OH is 3. The Morgan fingerprint density at radius 3 is 2.46 bits per heavy atom. The topological polar surface area (TPSA) is 401 Å². The van der Waals surface area contributed by atoms with Crippen LogP contribution >= 0.6 is 35.2 Å². The van der Waals surface area contributed by atoms with Crippen molar-refractivity contribution in [2.24, 2.45) is 17.3 Å². The van der Waals surface area contributed by atoms with E-state index in [1.165, 1.54) is 13.8 Å². The van der Waals surface area contributed by atoms with Crippen molar-refractivity contribution in [2.75, 3.05) is 37.8 Å². The fourth-order valence-corrected chi connectivity index (χ4v) is 11.2. The summed E-state index contributed by atoms with van der Waals surface area (Å²) >= 11 is 0.970. The van der Waals surface area contributed by atoms with Crippen molar-refractivity contribution in [1.29, 1.82) is 0 Å². The van der Waals surface area contributed by atoms with Crippen molar-refractivity contribution in [3.8, 4) is 0 Å². The first kappa shape index (κ1) is 58.5. The van der Waals surface area contributed by atoms with E-state index in [-0.39, 0.29) is 59.7 Å². The lowest BCUT2D eigenvalue weighted by molar-refractivity contribution is -0.137. The fraction of sp³-hybridized carbons (Fsp3) is 0.718.